The summed E-state index contributed by atoms with van der Waals surface area (Å²) in [5.41, 5.74) is 1.83. The molecule has 1 aliphatic rings. The molecule has 0 saturated heterocycles. The van der Waals surface area contributed by atoms with Gasteiger partial charge in [-0.15, -0.1) is 0 Å². The second kappa shape index (κ2) is 6.10. The van der Waals surface area contributed by atoms with Gasteiger partial charge in [0.15, 0.2) is 0 Å². The molecule has 8 heteroatoms. The molecule has 0 unspecified atom stereocenters. The summed E-state index contributed by atoms with van der Waals surface area (Å²) in [4.78, 5) is -0.114. The van der Waals surface area contributed by atoms with E-state index in [1.807, 2.05) is 0 Å². The molecule has 1 saturated carbocycles. The molecular formula is C14H15BrFN3O2S. The van der Waals surface area contributed by atoms with Crippen LogP contribution in [0.3, 0.4) is 0 Å². The van der Waals surface area contributed by atoms with Crippen LogP contribution in [-0.2, 0) is 16.6 Å². The van der Waals surface area contributed by atoms with E-state index in [9.17, 15) is 12.8 Å². The number of rotatable bonds is 5. The van der Waals surface area contributed by atoms with E-state index in [2.05, 4.69) is 30.8 Å². The zero-order chi connectivity index (χ0) is 15.7. The molecule has 0 radical (unpaired) electrons. The summed E-state index contributed by atoms with van der Waals surface area (Å²) in [6, 6.07) is 3.57. The van der Waals surface area contributed by atoms with Crippen molar-refractivity contribution in [3.63, 3.8) is 0 Å². The third kappa shape index (κ3) is 3.09. The number of aromatic nitrogens is 2. The van der Waals surface area contributed by atoms with Crippen LogP contribution in [0.25, 0.3) is 0 Å². The molecule has 5 nitrogen and oxygen atoms in total. The summed E-state index contributed by atoms with van der Waals surface area (Å²) in [5, 5.41) is 6.84. The molecule has 0 atom stereocenters. The highest BCUT2D eigenvalue weighted by atomic mass is 79.9. The minimum Gasteiger partial charge on any atom is -0.281 e. The number of hydrogen-bond donors (Lipinski definition) is 2. The molecule has 0 aliphatic heterocycles. The summed E-state index contributed by atoms with van der Waals surface area (Å²) in [6.07, 6.45) is 5.16. The lowest BCUT2D eigenvalue weighted by molar-refractivity contribution is 0.417. The maximum Gasteiger partial charge on any atom is 0.242 e. The molecular weight excluding hydrogens is 373 g/mol. The molecule has 118 valence electrons. The molecule has 3 rings (SSSR count). The van der Waals surface area contributed by atoms with E-state index in [0.717, 1.165) is 30.2 Å². The van der Waals surface area contributed by atoms with E-state index in [1.165, 1.54) is 18.6 Å². The molecule has 1 aromatic heterocycles. The van der Waals surface area contributed by atoms with Gasteiger partial charge in [-0.25, -0.2) is 17.5 Å². The average molecular weight is 388 g/mol. The molecule has 2 aromatic rings. The van der Waals surface area contributed by atoms with Crippen molar-refractivity contribution in [1.29, 1.82) is 0 Å². The van der Waals surface area contributed by atoms with Crippen LogP contribution >= 0.6 is 15.9 Å². The number of halogens is 2. The van der Waals surface area contributed by atoms with E-state index >= 15 is 0 Å². The smallest absolute Gasteiger partial charge is 0.242 e. The van der Waals surface area contributed by atoms with E-state index in [1.54, 1.807) is 6.20 Å². The highest BCUT2D eigenvalue weighted by Gasteiger charge is 2.25. The minimum absolute atomic E-state index is 0.108. The van der Waals surface area contributed by atoms with Gasteiger partial charge in [-0.05, 0) is 58.5 Å². The first-order chi connectivity index (χ1) is 10.5. The number of aromatic amines is 1. The third-order valence-electron chi connectivity index (χ3n) is 3.92. The summed E-state index contributed by atoms with van der Waals surface area (Å²) in [5.74, 6) is -0.139. The van der Waals surface area contributed by atoms with Gasteiger partial charge in [0.1, 0.15) is 5.82 Å². The fourth-order valence-electron chi connectivity index (χ4n) is 2.46. The van der Waals surface area contributed by atoms with E-state index in [-0.39, 0.29) is 11.4 Å². The van der Waals surface area contributed by atoms with Crippen molar-refractivity contribution in [3.05, 3.63) is 45.9 Å². The Morgan fingerprint density at radius 3 is 2.86 bits per heavy atom. The van der Waals surface area contributed by atoms with Crippen LogP contribution in [0, 0.1) is 5.82 Å². The van der Waals surface area contributed by atoms with Gasteiger partial charge < -0.3 is 0 Å². The van der Waals surface area contributed by atoms with E-state index < -0.39 is 15.8 Å². The molecule has 1 heterocycles. The first kappa shape index (κ1) is 15.6. The van der Waals surface area contributed by atoms with Crippen molar-refractivity contribution in [2.45, 2.75) is 36.6 Å². The van der Waals surface area contributed by atoms with E-state index in [4.69, 9.17) is 0 Å². The molecule has 1 aliphatic carbocycles. The van der Waals surface area contributed by atoms with Crippen LogP contribution in [0.5, 0.6) is 0 Å². The van der Waals surface area contributed by atoms with Crippen LogP contribution in [0.2, 0.25) is 0 Å². The Morgan fingerprint density at radius 2 is 2.18 bits per heavy atom. The van der Waals surface area contributed by atoms with Gasteiger partial charge in [-0.2, -0.15) is 5.10 Å². The monoisotopic (exact) mass is 387 g/mol. The highest BCUT2D eigenvalue weighted by molar-refractivity contribution is 9.10. The molecule has 2 N–H and O–H groups in total. The lowest BCUT2D eigenvalue weighted by atomic mass is 9.80. The van der Waals surface area contributed by atoms with Crippen LogP contribution in [0.4, 0.5) is 4.39 Å². The number of hydrogen-bond acceptors (Lipinski definition) is 3. The van der Waals surface area contributed by atoms with Crippen LogP contribution < -0.4 is 4.72 Å². The molecule has 1 aromatic carbocycles. The third-order valence-corrected chi connectivity index (χ3v) is 6.31. The zero-order valence-corrected chi connectivity index (χ0v) is 14.0. The summed E-state index contributed by atoms with van der Waals surface area (Å²) < 4.78 is 40.7. The molecule has 0 spiro atoms. The standard InChI is InChI=1S/C14H15BrFN3O2S/c15-12-5-4-10(16)6-14(12)22(20,21)18-8-13-11(7-17-19-13)9-2-1-3-9/h4-7,9,18H,1-3,8H2,(H,17,19). The molecule has 22 heavy (non-hydrogen) atoms. The van der Waals surface area contributed by atoms with Crippen molar-refractivity contribution in [2.75, 3.05) is 0 Å². The number of nitrogens with one attached hydrogen (secondary N) is 2. The first-order valence-electron chi connectivity index (χ1n) is 6.94. The van der Waals surface area contributed by atoms with Gasteiger partial charge in [0, 0.05) is 4.47 Å². The Hall–Kier alpha value is -1.25. The second-order valence-electron chi connectivity index (χ2n) is 5.33. The molecule has 1 fully saturated rings. The van der Waals surface area contributed by atoms with E-state index in [0.29, 0.717) is 10.4 Å². The van der Waals surface area contributed by atoms with Crippen LogP contribution in [0.15, 0.2) is 33.8 Å². The van der Waals surface area contributed by atoms with Crippen LogP contribution in [0.1, 0.15) is 36.4 Å². The lowest BCUT2D eigenvalue weighted by Crippen LogP contribution is -2.25. The Balaban J connectivity index is 1.78. The number of H-pyrrole nitrogens is 1. The number of benzene rings is 1. The predicted octanol–water partition coefficient (Wildman–Crippen LogP) is 3.06. The molecule has 0 amide bonds. The van der Waals surface area contributed by atoms with Gasteiger partial charge in [0.2, 0.25) is 10.0 Å². The van der Waals surface area contributed by atoms with Crippen molar-refractivity contribution in [1.82, 2.24) is 14.9 Å². The number of nitrogens with zero attached hydrogens (tertiary/aromatic N) is 1. The van der Waals surface area contributed by atoms with Crippen molar-refractivity contribution >= 4 is 26.0 Å². The average Bonchev–Trinajstić information content (AvgIpc) is 2.85. The van der Waals surface area contributed by atoms with Gasteiger partial charge in [0.25, 0.3) is 0 Å². The second-order valence-corrected chi connectivity index (χ2v) is 7.92. The van der Waals surface area contributed by atoms with Crippen molar-refractivity contribution in [3.8, 4) is 0 Å². The predicted molar refractivity (Wildman–Crippen MR) is 83.3 cm³/mol. The SMILES string of the molecule is O=S(=O)(NCc1[nH]ncc1C1CCC1)c1cc(F)ccc1Br. The minimum atomic E-state index is -3.81. The quantitative estimate of drug-likeness (QED) is 0.827. The Labute approximate surface area is 136 Å². The topological polar surface area (TPSA) is 74.8 Å². The lowest BCUT2D eigenvalue weighted by Gasteiger charge is -2.25. The largest absolute Gasteiger partial charge is 0.281 e. The maximum absolute atomic E-state index is 13.3. The van der Waals surface area contributed by atoms with Gasteiger partial charge in [0.05, 0.1) is 23.3 Å². The maximum atomic E-state index is 13.3. The summed E-state index contributed by atoms with van der Waals surface area (Å²) in [7, 11) is -3.81. The summed E-state index contributed by atoms with van der Waals surface area (Å²) >= 11 is 3.14. The van der Waals surface area contributed by atoms with Gasteiger partial charge >= 0.3 is 0 Å². The highest BCUT2D eigenvalue weighted by Crippen LogP contribution is 2.37. The fraction of sp³-hybridized carbons (Fsp3) is 0.357. The Bertz CT molecular complexity index is 787. The summed E-state index contributed by atoms with van der Waals surface area (Å²) in [6.45, 7) is 0.108. The number of sulfonamides is 1. The van der Waals surface area contributed by atoms with Gasteiger partial charge in [-0.3, -0.25) is 5.10 Å². The van der Waals surface area contributed by atoms with Crippen molar-refractivity contribution < 1.29 is 12.8 Å². The van der Waals surface area contributed by atoms with Gasteiger partial charge in [-0.1, -0.05) is 6.42 Å². The van der Waals surface area contributed by atoms with Crippen LogP contribution in [-0.4, -0.2) is 18.6 Å². The zero-order valence-electron chi connectivity index (χ0n) is 11.6. The Kier molecular flexibility index (Phi) is 4.33. The normalized spacial score (nSPS) is 15.7. The Morgan fingerprint density at radius 1 is 1.41 bits per heavy atom. The first-order valence-corrected chi connectivity index (χ1v) is 9.22. The van der Waals surface area contributed by atoms with Crippen molar-refractivity contribution in [2.24, 2.45) is 0 Å². The fourth-order valence-corrected chi connectivity index (χ4v) is 4.43. The molecule has 0 bridgehead atoms.